The number of hydrogen-bond acceptors (Lipinski definition) is 6. The Morgan fingerprint density at radius 1 is 1.32 bits per heavy atom. The number of carbonyl (C=O) groups is 2. The molecule has 0 saturated carbocycles. The van der Waals surface area contributed by atoms with E-state index in [9.17, 15) is 19.8 Å². The Kier molecular flexibility index (Phi) is 3.16. The first kappa shape index (κ1) is 12.9. The van der Waals surface area contributed by atoms with E-state index in [0.717, 1.165) is 0 Å². The molecule has 0 bridgehead atoms. The van der Waals surface area contributed by atoms with E-state index in [4.69, 9.17) is 9.15 Å². The second-order valence-corrected chi connectivity index (χ2v) is 4.06. The highest BCUT2D eigenvalue weighted by atomic mass is 16.5. The summed E-state index contributed by atoms with van der Waals surface area (Å²) in [4.78, 5) is 21.6. The molecule has 0 saturated heterocycles. The minimum absolute atomic E-state index is 0.0680. The van der Waals surface area contributed by atoms with E-state index in [1.54, 1.807) is 0 Å². The summed E-state index contributed by atoms with van der Waals surface area (Å²) in [5, 5.41) is 21.9. The second-order valence-electron chi connectivity index (χ2n) is 4.06. The van der Waals surface area contributed by atoms with Crippen LogP contribution in [0.15, 0.2) is 22.6 Å². The lowest BCUT2D eigenvalue weighted by atomic mass is 10.1. The van der Waals surface area contributed by atoms with Crippen LogP contribution in [0.5, 0.6) is 5.75 Å². The third-order valence-electron chi connectivity index (χ3n) is 2.68. The minimum Gasteiger partial charge on any atom is -0.546 e. The lowest BCUT2D eigenvalue weighted by Gasteiger charge is -2.15. The third kappa shape index (κ3) is 2.37. The molecule has 1 heterocycles. The highest BCUT2D eigenvalue weighted by Gasteiger charge is 2.13. The number of hydrogen-bond donors (Lipinski definition) is 0. The zero-order valence-electron chi connectivity index (χ0n) is 10.3. The Morgan fingerprint density at radius 3 is 2.58 bits per heavy atom. The number of fused-ring (bicyclic) bond motifs is 1. The summed E-state index contributed by atoms with van der Waals surface area (Å²) >= 11 is 0. The maximum atomic E-state index is 11.0. The molecular weight excluding hydrogens is 252 g/mol. The van der Waals surface area contributed by atoms with Gasteiger partial charge in [0, 0.05) is 10.9 Å². The van der Waals surface area contributed by atoms with Crippen molar-refractivity contribution < 1.29 is 29.0 Å². The number of rotatable bonds is 4. The number of aromatic carboxylic acids is 1. The molecule has 1 atom stereocenters. The Labute approximate surface area is 108 Å². The summed E-state index contributed by atoms with van der Waals surface area (Å²) in [6.07, 6.45) is -1.14. The molecule has 0 aliphatic carbocycles. The monoisotopic (exact) mass is 262 g/mol. The topological polar surface area (TPSA) is 103 Å². The number of carboxylic acids is 2. The van der Waals surface area contributed by atoms with Crippen LogP contribution in [0.2, 0.25) is 0 Å². The molecule has 0 amide bonds. The zero-order valence-corrected chi connectivity index (χ0v) is 10.3. The highest BCUT2D eigenvalue weighted by Crippen LogP contribution is 2.29. The first-order valence-corrected chi connectivity index (χ1v) is 5.52. The first-order chi connectivity index (χ1) is 8.90. The summed E-state index contributed by atoms with van der Waals surface area (Å²) in [6.45, 7) is 2.83. The summed E-state index contributed by atoms with van der Waals surface area (Å²) < 4.78 is 10.4. The average Bonchev–Trinajstić information content (AvgIpc) is 2.64. The fourth-order valence-corrected chi connectivity index (χ4v) is 1.78. The van der Waals surface area contributed by atoms with Crippen LogP contribution in [-0.4, -0.2) is 18.0 Å². The Balaban J connectivity index is 2.47. The molecule has 1 unspecified atom stereocenters. The molecule has 0 aliphatic heterocycles. The molecule has 0 aliphatic rings. The summed E-state index contributed by atoms with van der Waals surface area (Å²) in [6, 6.07) is 4.40. The standard InChI is InChI=1S/C13H12O6/c1-6-11(13(16)17)9-5-8(3-4-10(9)19-6)18-7(2)12(14)15/h3-5,7H,1-2H3,(H,14,15)(H,16,17)/p-2. The maximum absolute atomic E-state index is 11.0. The quantitative estimate of drug-likeness (QED) is 0.744. The Morgan fingerprint density at radius 2 is 2.00 bits per heavy atom. The van der Waals surface area contributed by atoms with E-state index >= 15 is 0 Å². The minimum atomic E-state index is -1.36. The smallest absolute Gasteiger partial charge is 0.135 e. The number of benzene rings is 1. The second kappa shape index (κ2) is 4.64. The van der Waals surface area contributed by atoms with E-state index in [1.807, 2.05) is 0 Å². The van der Waals surface area contributed by atoms with Crippen molar-refractivity contribution in [2.24, 2.45) is 0 Å². The van der Waals surface area contributed by atoms with Gasteiger partial charge in [0.25, 0.3) is 0 Å². The van der Waals surface area contributed by atoms with Gasteiger partial charge in [0.2, 0.25) is 0 Å². The molecule has 0 fully saturated rings. The molecule has 2 aromatic rings. The van der Waals surface area contributed by atoms with Gasteiger partial charge < -0.3 is 29.0 Å². The predicted octanol–water partition coefficient (Wildman–Crippen LogP) is -0.378. The van der Waals surface area contributed by atoms with Gasteiger partial charge in [-0.05, 0) is 32.0 Å². The van der Waals surface area contributed by atoms with Crippen LogP contribution in [0, 0.1) is 6.92 Å². The number of ether oxygens (including phenoxy) is 1. The van der Waals surface area contributed by atoms with Crippen molar-refractivity contribution >= 4 is 22.9 Å². The molecule has 1 aromatic carbocycles. The van der Waals surface area contributed by atoms with Gasteiger partial charge in [-0.15, -0.1) is 0 Å². The summed E-state index contributed by atoms with van der Waals surface area (Å²) in [7, 11) is 0. The zero-order chi connectivity index (χ0) is 14.2. The van der Waals surface area contributed by atoms with Crippen molar-refractivity contribution in [1.82, 2.24) is 0 Å². The van der Waals surface area contributed by atoms with E-state index in [1.165, 1.54) is 32.0 Å². The number of carbonyl (C=O) groups excluding carboxylic acids is 2. The summed E-state index contributed by atoms with van der Waals surface area (Å²) in [5.41, 5.74) is 0.298. The molecule has 6 nitrogen and oxygen atoms in total. The van der Waals surface area contributed by atoms with E-state index < -0.39 is 18.0 Å². The summed E-state index contributed by atoms with van der Waals surface area (Å²) in [5.74, 6) is -2.28. The van der Waals surface area contributed by atoms with Gasteiger partial charge in [0.15, 0.2) is 0 Å². The van der Waals surface area contributed by atoms with Crippen molar-refractivity contribution in [2.45, 2.75) is 20.0 Å². The molecular formula is C13H10O6-2. The maximum Gasteiger partial charge on any atom is 0.135 e. The normalized spacial score (nSPS) is 12.3. The average molecular weight is 262 g/mol. The van der Waals surface area contributed by atoms with Crippen LogP contribution < -0.4 is 14.9 Å². The molecule has 6 heteroatoms. The van der Waals surface area contributed by atoms with Crippen molar-refractivity contribution in [1.29, 1.82) is 0 Å². The van der Waals surface area contributed by atoms with Gasteiger partial charge in [0.1, 0.15) is 23.2 Å². The fraction of sp³-hybridized carbons (Fsp3) is 0.231. The molecule has 0 spiro atoms. The number of furan rings is 1. The number of aliphatic carboxylic acids is 1. The molecule has 0 radical (unpaired) electrons. The molecule has 19 heavy (non-hydrogen) atoms. The number of aryl methyl sites for hydroxylation is 1. The molecule has 100 valence electrons. The van der Waals surface area contributed by atoms with Crippen LogP contribution in [0.25, 0.3) is 11.0 Å². The van der Waals surface area contributed by atoms with Crippen molar-refractivity contribution in [3.8, 4) is 5.75 Å². The highest BCUT2D eigenvalue weighted by molar-refractivity contribution is 6.03. The lowest BCUT2D eigenvalue weighted by molar-refractivity contribution is -0.312. The molecule has 1 aromatic heterocycles. The van der Waals surface area contributed by atoms with Crippen LogP contribution >= 0.6 is 0 Å². The van der Waals surface area contributed by atoms with Gasteiger partial charge in [-0.3, -0.25) is 0 Å². The van der Waals surface area contributed by atoms with Crippen LogP contribution in [-0.2, 0) is 4.79 Å². The fourth-order valence-electron chi connectivity index (χ4n) is 1.78. The van der Waals surface area contributed by atoms with Crippen LogP contribution in [0.3, 0.4) is 0 Å². The van der Waals surface area contributed by atoms with Crippen molar-refractivity contribution in [3.63, 3.8) is 0 Å². The van der Waals surface area contributed by atoms with Gasteiger partial charge >= 0.3 is 0 Å². The van der Waals surface area contributed by atoms with Gasteiger partial charge in [-0.1, -0.05) is 0 Å². The largest absolute Gasteiger partial charge is 0.546 e. The Bertz CT molecular complexity index is 654. The van der Waals surface area contributed by atoms with Crippen LogP contribution in [0.4, 0.5) is 0 Å². The van der Waals surface area contributed by atoms with Gasteiger partial charge in [-0.25, -0.2) is 0 Å². The van der Waals surface area contributed by atoms with Gasteiger partial charge in [0.05, 0.1) is 11.9 Å². The molecule has 2 rings (SSSR count). The SMILES string of the molecule is Cc1oc2ccc(OC(C)C(=O)[O-])cc2c1C(=O)[O-]. The molecule has 0 N–H and O–H groups in total. The lowest BCUT2D eigenvalue weighted by Crippen LogP contribution is -2.37. The van der Waals surface area contributed by atoms with Crippen molar-refractivity contribution in [2.75, 3.05) is 0 Å². The first-order valence-electron chi connectivity index (χ1n) is 5.52. The van der Waals surface area contributed by atoms with Crippen LogP contribution in [0.1, 0.15) is 23.0 Å². The predicted molar refractivity (Wildman–Crippen MR) is 60.4 cm³/mol. The number of carboxylic acid groups (broad SMARTS) is 2. The van der Waals surface area contributed by atoms with E-state index in [0.29, 0.717) is 11.0 Å². The van der Waals surface area contributed by atoms with Crippen molar-refractivity contribution in [3.05, 3.63) is 29.5 Å². The third-order valence-corrected chi connectivity index (χ3v) is 2.68. The van der Waals surface area contributed by atoms with Gasteiger partial charge in [-0.2, -0.15) is 0 Å². The Hall–Kier alpha value is -2.50. The van der Waals surface area contributed by atoms with E-state index in [-0.39, 0.29) is 17.1 Å². The van der Waals surface area contributed by atoms with E-state index in [2.05, 4.69) is 0 Å².